The van der Waals surface area contributed by atoms with Crippen molar-refractivity contribution in [2.45, 2.75) is 26.1 Å². The molecule has 0 fully saturated rings. The molecule has 0 aromatic heterocycles. The summed E-state index contributed by atoms with van der Waals surface area (Å²) in [5.41, 5.74) is -0.211. The lowest BCUT2D eigenvalue weighted by Crippen LogP contribution is -2.40. The van der Waals surface area contributed by atoms with Gasteiger partial charge in [-0.25, -0.2) is 4.79 Å². The summed E-state index contributed by atoms with van der Waals surface area (Å²) in [6, 6.07) is 2.40. The highest BCUT2D eigenvalue weighted by Crippen LogP contribution is 2.40. The van der Waals surface area contributed by atoms with Gasteiger partial charge in [-0.1, -0.05) is 5.92 Å². The van der Waals surface area contributed by atoms with Gasteiger partial charge >= 0.3 is 12.1 Å². The zero-order valence-electron chi connectivity index (χ0n) is 12.3. The van der Waals surface area contributed by atoms with Crippen molar-refractivity contribution in [2.24, 2.45) is 0 Å². The van der Waals surface area contributed by atoms with Crippen LogP contribution in [-0.4, -0.2) is 30.0 Å². The maximum atomic E-state index is 13.1. The van der Waals surface area contributed by atoms with E-state index in [1.54, 1.807) is 6.92 Å². The van der Waals surface area contributed by atoms with Crippen LogP contribution in [-0.2, 0) is 9.53 Å². The number of halogens is 3. The highest BCUT2D eigenvalue weighted by molar-refractivity contribution is 5.96. The molecule has 1 aliphatic heterocycles. The van der Waals surface area contributed by atoms with Crippen molar-refractivity contribution in [3.05, 3.63) is 28.8 Å². The number of carbonyl (C=O) groups is 1. The van der Waals surface area contributed by atoms with E-state index in [2.05, 4.69) is 16.6 Å². The van der Waals surface area contributed by atoms with E-state index in [0.717, 1.165) is 12.1 Å². The first-order chi connectivity index (χ1) is 10.8. The van der Waals surface area contributed by atoms with Gasteiger partial charge in [-0.15, -0.1) is 5.92 Å². The largest absolute Gasteiger partial charge is 0.507 e. The van der Waals surface area contributed by atoms with E-state index in [1.807, 2.05) is 0 Å². The van der Waals surface area contributed by atoms with Crippen LogP contribution in [0.25, 0.3) is 6.08 Å². The number of ether oxygens (including phenoxy) is 2. The van der Waals surface area contributed by atoms with E-state index in [1.165, 1.54) is 13.0 Å². The fraction of sp³-hybridized carbons (Fsp3) is 0.312. The first kappa shape index (κ1) is 16.7. The van der Waals surface area contributed by atoms with E-state index in [0.29, 0.717) is 0 Å². The molecule has 1 aromatic carbocycles. The number of alkyl halides is 3. The van der Waals surface area contributed by atoms with E-state index < -0.39 is 23.8 Å². The van der Waals surface area contributed by atoms with Gasteiger partial charge in [-0.05, 0) is 26.0 Å². The predicted octanol–water partition coefficient (Wildman–Crippen LogP) is 3.03. The summed E-state index contributed by atoms with van der Waals surface area (Å²) in [5.74, 6) is 3.61. The monoisotopic (exact) mass is 326 g/mol. The van der Waals surface area contributed by atoms with Crippen molar-refractivity contribution in [3.8, 4) is 23.3 Å². The third kappa shape index (κ3) is 3.42. The molecule has 0 radical (unpaired) electrons. The molecule has 23 heavy (non-hydrogen) atoms. The number of phenols is 1. The Morgan fingerprint density at radius 3 is 2.70 bits per heavy atom. The van der Waals surface area contributed by atoms with Crippen LogP contribution < -0.4 is 4.74 Å². The third-order valence-corrected chi connectivity index (χ3v) is 3.03. The number of phenolic OH excluding ortho intramolecular Hbond substituents is 1. The summed E-state index contributed by atoms with van der Waals surface area (Å²) in [6.07, 6.45) is -6.19. The van der Waals surface area contributed by atoms with Crippen LogP contribution >= 0.6 is 0 Å². The molecule has 122 valence electrons. The van der Waals surface area contributed by atoms with Gasteiger partial charge in [0.15, 0.2) is 0 Å². The number of carbonyl (C=O) groups excluding carboxylic acids is 1. The standard InChI is InChI=1S/C16H13F3O4/c1-3-5-9-6-10-7-11(15(21)22-4-2)14(16(17,18)19)23-13(10)8-12(9)20/h6-8,14,20H,4H2,1-2H3. The highest BCUT2D eigenvalue weighted by atomic mass is 19.4. The van der Waals surface area contributed by atoms with Crippen LogP contribution in [0.15, 0.2) is 17.7 Å². The molecule has 1 N–H and O–H groups in total. The van der Waals surface area contributed by atoms with Crippen LogP contribution in [0.4, 0.5) is 13.2 Å². The molecule has 4 nitrogen and oxygen atoms in total. The molecule has 0 aliphatic carbocycles. The molecule has 1 unspecified atom stereocenters. The fourth-order valence-electron chi connectivity index (χ4n) is 2.09. The van der Waals surface area contributed by atoms with Crippen LogP contribution in [0.5, 0.6) is 11.5 Å². The molecule has 2 rings (SSSR count). The number of benzene rings is 1. The van der Waals surface area contributed by atoms with Gasteiger partial charge in [0.1, 0.15) is 11.5 Å². The van der Waals surface area contributed by atoms with Crippen LogP contribution in [0.2, 0.25) is 0 Å². The van der Waals surface area contributed by atoms with Crippen molar-refractivity contribution in [2.75, 3.05) is 6.61 Å². The lowest BCUT2D eigenvalue weighted by Gasteiger charge is -2.28. The van der Waals surface area contributed by atoms with Crippen molar-refractivity contribution in [1.29, 1.82) is 0 Å². The minimum absolute atomic E-state index is 0.0598. The van der Waals surface area contributed by atoms with Gasteiger partial charge < -0.3 is 14.6 Å². The van der Waals surface area contributed by atoms with Gasteiger partial charge in [0, 0.05) is 11.6 Å². The molecule has 0 amide bonds. The minimum atomic E-state index is -4.80. The van der Waals surface area contributed by atoms with Gasteiger partial charge in [0.2, 0.25) is 6.10 Å². The molecular weight excluding hydrogens is 313 g/mol. The van der Waals surface area contributed by atoms with E-state index in [4.69, 9.17) is 4.74 Å². The van der Waals surface area contributed by atoms with Crippen molar-refractivity contribution in [3.63, 3.8) is 0 Å². The van der Waals surface area contributed by atoms with Crippen molar-refractivity contribution < 1.29 is 32.5 Å². The van der Waals surface area contributed by atoms with Gasteiger partial charge in [-0.3, -0.25) is 0 Å². The number of rotatable bonds is 2. The first-order valence-electron chi connectivity index (χ1n) is 6.69. The molecule has 0 saturated heterocycles. The zero-order chi connectivity index (χ0) is 17.2. The zero-order valence-corrected chi connectivity index (χ0v) is 12.3. The second-order valence-corrected chi connectivity index (χ2v) is 4.64. The normalized spacial score (nSPS) is 16.4. The van der Waals surface area contributed by atoms with Crippen LogP contribution in [0.1, 0.15) is 25.0 Å². The van der Waals surface area contributed by atoms with E-state index >= 15 is 0 Å². The Bertz CT molecular complexity index is 723. The number of hydrogen-bond acceptors (Lipinski definition) is 4. The maximum absolute atomic E-state index is 13.1. The average molecular weight is 326 g/mol. The molecule has 1 aliphatic rings. The lowest BCUT2D eigenvalue weighted by atomic mass is 9.99. The number of fused-ring (bicyclic) bond motifs is 1. The Balaban J connectivity index is 2.57. The molecular formula is C16H13F3O4. The van der Waals surface area contributed by atoms with E-state index in [9.17, 15) is 23.1 Å². The second kappa shape index (κ2) is 6.24. The second-order valence-electron chi connectivity index (χ2n) is 4.64. The Labute approximate surface area is 130 Å². The summed E-state index contributed by atoms with van der Waals surface area (Å²) in [4.78, 5) is 11.8. The smallest absolute Gasteiger partial charge is 0.430 e. The van der Waals surface area contributed by atoms with Gasteiger partial charge in [0.05, 0.1) is 17.7 Å². The molecule has 1 atom stereocenters. The number of hydrogen-bond donors (Lipinski definition) is 1. The van der Waals surface area contributed by atoms with Crippen molar-refractivity contribution >= 4 is 12.0 Å². The Kier molecular flexibility index (Phi) is 4.55. The molecule has 1 aromatic rings. The molecule has 0 spiro atoms. The van der Waals surface area contributed by atoms with Crippen LogP contribution in [0.3, 0.4) is 0 Å². The fourth-order valence-corrected chi connectivity index (χ4v) is 2.09. The molecule has 0 saturated carbocycles. The quantitative estimate of drug-likeness (QED) is 0.670. The van der Waals surface area contributed by atoms with Gasteiger partial charge in [0.25, 0.3) is 0 Å². The van der Waals surface area contributed by atoms with E-state index in [-0.39, 0.29) is 29.2 Å². The van der Waals surface area contributed by atoms with Gasteiger partial charge in [-0.2, -0.15) is 13.2 Å². The lowest BCUT2D eigenvalue weighted by molar-refractivity contribution is -0.187. The summed E-state index contributed by atoms with van der Waals surface area (Å²) >= 11 is 0. The van der Waals surface area contributed by atoms with Crippen LogP contribution in [0, 0.1) is 11.8 Å². The SMILES string of the molecule is CC#Cc1cc2c(cc1O)OC(C(F)(F)F)C(C(=O)OCC)=C2. The summed E-state index contributed by atoms with van der Waals surface area (Å²) in [5, 5.41) is 9.77. The Hall–Kier alpha value is -2.62. The minimum Gasteiger partial charge on any atom is -0.507 e. The predicted molar refractivity (Wildman–Crippen MR) is 75.7 cm³/mol. The maximum Gasteiger partial charge on any atom is 0.430 e. The first-order valence-corrected chi connectivity index (χ1v) is 6.69. The summed E-state index contributed by atoms with van der Waals surface area (Å²) in [6.45, 7) is 2.98. The summed E-state index contributed by atoms with van der Waals surface area (Å²) in [7, 11) is 0. The van der Waals surface area contributed by atoms with Crippen molar-refractivity contribution in [1.82, 2.24) is 0 Å². The Morgan fingerprint density at radius 1 is 1.43 bits per heavy atom. The number of esters is 1. The Morgan fingerprint density at radius 2 is 2.13 bits per heavy atom. The summed E-state index contributed by atoms with van der Waals surface area (Å²) < 4.78 is 48.9. The average Bonchev–Trinajstić information content (AvgIpc) is 2.46. The third-order valence-electron chi connectivity index (χ3n) is 3.03. The number of aromatic hydroxyl groups is 1. The topological polar surface area (TPSA) is 55.8 Å². The highest BCUT2D eigenvalue weighted by Gasteiger charge is 2.48. The molecule has 0 bridgehead atoms. The molecule has 1 heterocycles. The molecule has 7 heteroatoms.